The second kappa shape index (κ2) is 7.85. The van der Waals surface area contributed by atoms with Crippen molar-refractivity contribution < 1.29 is 4.39 Å². The number of hydrogen-bond acceptors (Lipinski definition) is 5. The molecule has 3 heterocycles. The van der Waals surface area contributed by atoms with Crippen LogP contribution in [0.3, 0.4) is 0 Å². The second-order valence-corrected chi connectivity index (χ2v) is 8.63. The molecule has 28 heavy (non-hydrogen) atoms. The summed E-state index contributed by atoms with van der Waals surface area (Å²) in [5.41, 5.74) is 2.73. The monoisotopic (exact) mass is 411 g/mol. The van der Waals surface area contributed by atoms with Crippen LogP contribution in [0.15, 0.2) is 58.6 Å². The Kier molecular flexibility index (Phi) is 5.28. The Morgan fingerprint density at radius 2 is 1.93 bits per heavy atom. The van der Waals surface area contributed by atoms with Crippen molar-refractivity contribution in [1.29, 1.82) is 0 Å². The number of pyridine rings is 1. The maximum absolute atomic E-state index is 13.3. The number of benzene rings is 1. The normalized spacial score (nSPS) is 11.2. The summed E-state index contributed by atoms with van der Waals surface area (Å²) in [5, 5.41) is 1.33. The van der Waals surface area contributed by atoms with Gasteiger partial charge < -0.3 is 0 Å². The summed E-state index contributed by atoms with van der Waals surface area (Å²) < 4.78 is 14.8. The Morgan fingerprint density at radius 3 is 2.64 bits per heavy atom. The number of thiophene rings is 1. The van der Waals surface area contributed by atoms with E-state index in [9.17, 15) is 9.18 Å². The van der Waals surface area contributed by atoms with Crippen LogP contribution in [-0.2, 0) is 12.3 Å². The fraction of sp³-hybridized carbons (Fsp3) is 0.190. The van der Waals surface area contributed by atoms with Gasteiger partial charge in [-0.2, -0.15) is 0 Å². The first-order valence-electron chi connectivity index (χ1n) is 8.80. The van der Waals surface area contributed by atoms with Crippen molar-refractivity contribution in [1.82, 2.24) is 14.5 Å². The SMILES string of the molecule is Cc1sc2nc(SCc3ccc(F)cc3)n(Cc3ccccn3)c(=O)c2c1C. The molecule has 7 heteroatoms. The average Bonchev–Trinajstić information content (AvgIpc) is 2.98. The van der Waals surface area contributed by atoms with Gasteiger partial charge >= 0.3 is 0 Å². The van der Waals surface area contributed by atoms with Crippen LogP contribution in [0.2, 0.25) is 0 Å². The maximum atomic E-state index is 13.3. The molecule has 0 bridgehead atoms. The van der Waals surface area contributed by atoms with Gasteiger partial charge in [0.05, 0.1) is 17.6 Å². The molecule has 0 aliphatic rings. The Bertz CT molecular complexity index is 1180. The van der Waals surface area contributed by atoms with E-state index < -0.39 is 0 Å². The third-order valence-corrected chi connectivity index (χ3v) is 6.73. The summed E-state index contributed by atoms with van der Waals surface area (Å²) in [7, 11) is 0. The molecule has 0 unspecified atom stereocenters. The molecule has 0 spiro atoms. The molecular formula is C21H18FN3OS2. The molecular weight excluding hydrogens is 393 g/mol. The summed E-state index contributed by atoms with van der Waals surface area (Å²) in [5.74, 6) is 0.342. The molecule has 1 aromatic carbocycles. The van der Waals surface area contributed by atoms with Gasteiger partial charge in [0.25, 0.3) is 5.56 Å². The molecule has 142 valence electrons. The van der Waals surface area contributed by atoms with Crippen LogP contribution < -0.4 is 5.56 Å². The number of fused-ring (bicyclic) bond motifs is 1. The van der Waals surface area contributed by atoms with Gasteiger partial charge in [0, 0.05) is 16.8 Å². The van der Waals surface area contributed by atoms with Gasteiger partial charge in [-0.3, -0.25) is 14.3 Å². The number of aromatic nitrogens is 3. The quantitative estimate of drug-likeness (QED) is 0.344. The van der Waals surface area contributed by atoms with Gasteiger partial charge in [-0.15, -0.1) is 11.3 Å². The first kappa shape index (κ1) is 18.8. The highest BCUT2D eigenvalue weighted by molar-refractivity contribution is 7.98. The van der Waals surface area contributed by atoms with Gasteiger partial charge in [0.15, 0.2) is 5.16 Å². The van der Waals surface area contributed by atoms with E-state index >= 15 is 0 Å². The van der Waals surface area contributed by atoms with Gasteiger partial charge in [-0.05, 0) is 49.2 Å². The van der Waals surface area contributed by atoms with Crippen molar-refractivity contribution >= 4 is 33.3 Å². The molecule has 3 aromatic heterocycles. The maximum Gasteiger partial charge on any atom is 0.263 e. The van der Waals surface area contributed by atoms with Crippen LogP contribution >= 0.6 is 23.1 Å². The van der Waals surface area contributed by atoms with Crippen molar-refractivity contribution in [2.24, 2.45) is 0 Å². The van der Waals surface area contributed by atoms with Crippen LogP contribution in [0.25, 0.3) is 10.2 Å². The number of aryl methyl sites for hydroxylation is 2. The van der Waals surface area contributed by atoms with E-state index in [1.54, 1.807) is 34.2 Å². The number of hydrogen-bond donors (Lipinski definition) is 0. The Hall–Kier alpha value is -2.51. The van der Waals surface area contributed by atoms with Crippen LogP contribution in [0.1, 0.15) is 21.7 Å². The molecule has 0 aliphatic heterocycles. The first-order valence-corrected chi connectivity index (χ1v) is 10.6. The topological polar surface area (TPSA) is 47.8 Å². The molecule has 0 saturated heterocycles. The van der Waals surface area contributed by atoms with E-state index in [0.29, 0.717) is 22.8 Å². The zero-order valence-corrected chi connectivity index (χ0v) is 17.1. The molecule has 0 N–H and O–H groups in total. The summed E-state index contributed by atoms with van der Waals surface area (Å²) in [6.45, 7) is 4.34. The molecule has 0 saturated carbocycles. The van der Waals surface area contributed by atoms with E-state index in [0.717, 1.165) is 26.5 Å². The predicted molar refractivity (Wildman–Crippen MR) is 113 cm³/mol. The molecule has 4 rings (SSSR count). The van der Waals surface area contributed by atoms with Crippen molar-refractivity contribution in [3.63, 3.8) is 0 Å². The lowest BCUT2D eigenvalue weighted by atomic mass is 10.2. The Balaban J connectivity index is 1.77. The van der Waals surface area contributed by atoms with Crippen LogP contribution in [0.4, 0.5) is 4.39 Å². The van der Waals surface area contributed by atoms with E-state index in [1.807, 2.05) is 32.0 Å². The highest BCUT2D eigenvalue weighted by atomic mass is 32.2. The summed E-state index contributed by atoms with van der Waals surface area (Å²) >= 11 is 3.02. The van der Waals surface area contributed by atoms with Gasteiger partial charge in [-0.1, -0.05) is 30.0 Å². The van der Waals surface area contributed by atoms with Crippen molar-refractivity contribution in [3.05, 3.63) is 86.5 Å². The fourth-order valence-electron chi connectivity index (χ4n) is 2.94. The standard InChI is InChI=1S/C21H18FN3OS2/c1-13-14(2)28-19-18(13)20(26)25(11-17-5-3-4-10-23-17)21(24-19)27-12-15-6-8-16(22)9-7-15/h3-10H,11-12H2,1-2H3. The third kappa shape index (κ3) is 3.72. The smallest absolute Gasteiger partial charge is 0.263 e. The minimum Gasteiger partial charge on any atom is -0.281 e. The van der Waals surface area contributed by atoms with Gasteiger partial charge in [0.1, 0.15) is 10.6 Å². The Labute approximate surface area is 170 Å². The molecule has 4 aromatic rings. The highest BCUT2D eigenvalue weighted by Gasteiger charge is 2.17. The number of thioether (sulfide) groups is 1. The summed E-state index contributed by atoms with van der Waals surface area (Å²) in [4.78, 5) is 24.3. The largest absolute Gasteiger partial charge is 0.281 e. The molecule has 0 fully saturated rings. The van der Waals surface area contributed by atoms with Crippen LogP contribution in [0, 0.1) is 19.7 Å². The van der Waals surface area contributed by atoms with Crippen molar-refractivity contribution in [2.45, 2.75) is 31.3 Å². The highest BCUT2D eigenvalue weighted by Crippen LogP contribution is 2.29. The van der Waals surface area contributed by atoms with Gasteiger partial charge in [-0.25, -0.2) is 9.37 Å². The van der Waals surface area contributed by atoms with Crippen LogP contribution in [-0.4, -0.2) is 14.5 Å². The second-order valence-electron chi connectivity index (χ2n) is 6.49. The lowest BCUT2D eigenvalue weighted by Crippen LogP contribution is -2.24. The predicted octanol–water partition coefficient (Wildman–Crippen LogP) is 4.95. The Morgan fingerprint density at radius 1 is 1.14 bits per heavy atom. The minimum atomic E-state index is -0.259. The lowest BCUT2D eigenvalue weighted by Gasteiger charge is -2.12. The number of rotatable bonds is 5. The molecule has 0 atom stereocenters. The fourth-order valence-corrected chi connectivity index (χ4v) is 4.97. The van der Waals surface area contributed by atoms with E-state index in [2.05, 4.69) is 4.98 Å². The molecule has 0 amide bonds. The molecule has 0 aliphatic carbocycles. The minimum absolute atomic E-state index is 0.0425. The summed E-state index contributed by atoms with van der Waals surface area (Å²) in [6, 6.07) is 12.0. The van der Waals surface area contributed by atoms with E-state index in [-0.39, 0.29) is 11.4 Å². The number of halogens is 1. The van der Waals surface area contributed by atoms with Crippen LogP contribution in [0.5, 0.6) is 0 Å². The van der Waals surface area contributed by atoms with E-state index in [1.165, 1.54) is 23.9 Å². The number of nitrogens with zero attached hydrogens (tertiary/aromatic N) is 3. The van der Waals surface area contributed by atoms with Crippen molar-refractivity contribution in [2.75, 3.05) is 0 Å². The zero-order chi connectivity index (χ0) is 19.7. The van der Waals surface area contributed by atoms with E-state index in [4.69, 9.17) is 4.98 Å². The lowest BCUT2D eigenvalue weighted by molar-refractivity contribution is 0.627. The first-order chi connectivity index (χ1) is 13.5. The molecule has 4 nitrogen and oxygen atoms in total. The van der Waals surface area contributed by atoms with Crippen molar-refractivity contribution in [3.8, 4) is 0 Å². The third-order valence-electron chi connectivity index (χ3n) is 4.58. The van der Waals surface area contributed by atoms with Gasteiger partial charge in [0.2, 0.25) is 0 Å². The summed E-state index contributed by atoms with van der Waals surface area (Å²) in [6.07, 6.45) is 1.72. The molecule has 0 radical (unpaired) electrons. The zero-order valence-electron chi connectivity index (χ0n) is 15.5. The average molecular weight is 412 g/mol.